The van der Waals surface area contributed by atoms with Crippen LogP contribution >= 0.6 is 0 Å². The summed E-state index contributed by atoms with van der Waals surface area (Å²) in [5, 5.41) is 18.6. The molecule has 136 valence electrons. The molecule has 0 spiro atoms. The van der Waals surface area contributed by atoms with Crippen molar-refractivity contribution in [3.05, 3.63) is 70.6 Å². The number of hydrogen-bond donors (Lipinski definition) is 2. The summed E-state index contributed by atoms with van der Waals surface area (Å²) in [6, 6.07) is 16.3. The van der Waals surface area contributed by atoms with Crippen molar-refractivity contribution in [3.8, 4) is 5.75 Å². The fourth-order valence-electron chi connectivity index (χ4n) is 3.35. The molecule has 0 atom stereocenters. The smallest absolute Gasteiger partial charge is 0.275 e. The number of nitrogens with one attached hydrogen (secondary N) is 1. The third-order valence-corrected chi connectivity index (χ3v) is 4.62. The molecule has 0 aliphatic rings. The van der Waals surface area contributed by atoms with Gasteiger partial charge < -0.3 is 15.0 Å². The molecule has 2 aromatic heterocycles. The Morgan fingerprint density at radius 2 is 1.63 bits per heavy atom. The van der Waals surface area contributed by atoms with E-state index in [-0.39, 0.29) is 5.69 Å². The van der Waals surface area contributed by atoms with Gasteiger partial charge in [-0.3, -0.25) is 14.3 Å². The maximum Gasteiger partial charge on any atom is 0.275 e. The zero-order valence-corrected chi connectivity index (χ0v) is 14.7. The van der Waals surface area contributed by atoms with Gasteiger partial charge in [0.05, 0.1) is 12.7 Å². The Bertz CT molecular complexity index is 1170. The van der Waals surface area contributed by atoms with E-state index < -0.39 is 17.1 Å². The van der Waals surface area contributed by atoms with Gasteiger partial charge in [0.25, 0.3) is 11.3 Å². The van der Waals surface area contributed by atoms with Crippen LogP contribution in [0.15, 0.2) is 59.5 Å². The molecule has 27 heavy (non-hydrogen) atoms. The molecule has 0 aliphatic carbocycles. The number of aryl methyl sites for hydroxylation is 2. The first-order valence-electron chi connectivity index (χ1n) is 8.59. The summed E-state index contributed by atoms with van der Waals surface area (Å²) < 4.78 is 3.59. The standard InChI is InChI=1S/C20H18N4O3/c1-21-20(27)18-19(26)17(25)12-23(22-18)10-11-24-15-8-4-2-6-13(15)14-7-3-5-9-16(14)24/h2-9,12,25H,10-11H2,1H3,(H,21,27). The number of carbonyl (C=O) groups is 1. The quantitative estimate of drug-likeness (QED) is 0.582. The van der Waals surface area contributed by atoms with E-state index in [1.165, 1.54) is 17.9 Å². The zero-order chi connectivity index (χ0) is 19.0. The van der Waals surface area contributed by atoms with Crippen molar-refractivity contribution in [3.63, 3.8) is 0 Å². The first kappa shape index (κ1) is 16.8. The Hall–Kier alpha value is -3.61. The van der Waals surface area contributed by atoms with Crippen LogP contribution in [0.4, 0.5) is 0 Å². The molecule has 0 bridgehead atoms. The summed E-state index contributed by atoms with van der Waals surface area (Å²) in [7, 11) is 1.41. The molecule has 7 nitrogen and oxygen atoms in total. The SMILES string of the molecule is CNC(=O)c1nn(CCn2c3ccccc3c3ccccc32)cc(O)c1=O. The van der Waals surface area contributed by atoms with E-state index in [0.717, 1.165) is 21.8 Å². The van der Waals surface area contributed by atoms with Crippen LogP contribution < -0.4 is 10.7 Å². The Morgan fingerprint density at radius 3 is 2.22 bits per heavy atom. The predicted molar refractivity (Wildman–Crippen MR) is 103 cm³/mol. The van der Waals surface area contributed by atoms with Crippen LogP contribution in [0.1, 0.15) is 10.5 Å². The van der Waals surface area contributed by atoms with Gasteiger partial charge in [-0.25, -0.2) is 0 Å². The van der Waals surface area contributed by atoms with Crippen molar-refractivity contribution in [2.45, 2.75) is 13.1 Å². The molecule has 1 amide bonds. The van der Waals surface area contributed by atoms with Crippen LogP contribution in [0, 0.1) is 0 Å². The normalized spacial score (nSPS) is 11.1. The topological polar surface area (TPSA) is 89.2 Å². The summed E-state index contributed by atoms with van der Waals surface area (Å²) in [5.74, 6) is -1.12. The third kappa shape index (κ3) is 2.83. The van der Waals surface area contributed by atoms with E-state index in [1.807, 2.05) is 24.3 Å². The molecule has 2 N–H and O–H groups in total. The van der Waals surface area contributed by atoms with E-state index in [0.29, 0.717) is 13.1 Å². The molecule has 0 fully saturated rings. The lowest BCUT2D eigenvalue weighted by Gasteiger charge is -2.11. The van der Waals surface area contributed by atoms with Crippen molar-refractivity contribution in [2.75, 3.05) is 7.05 Å². The van der Waals surface area contributed by atoms with Gasteiger partial charge in [0, 0.05) is 35.4 Å². The number of aromatic hydroxyl groups is 1. The summed E-state index contributed by atoms with van der Waals surface area (Å²) >= 11 is 0. The average molecular weight is 362 g/mol. The van der Waals surface area contributed by atoms with Crippen molar-refractivity contribution in [1.29, 1.82) is 0 Å². The third-order valence-electron chi connectivity index (χ3n) is 4.62. The minimum absolute atomic E-state index is 0.320. The number of carbonyl (C=O) groups excluding carboxylic acids is 1. The Morgan fingerprint density at radius 1 is 1.04 bits per heavy atom. The molecular formula is C20H18N4O3. The number of aromatic nitrogens is 3. The highest BCUT2D eigenvalue weighted by Crippen LogP contribution is 2.28. The van der Waals surface area contributed by atoms with E-state index in [4.69, 9.17) is 0 Å². The number of benzene rings is 2. The van der Waals surface area contributed by atoms with Crippen LogP contribution in [0.2, 0.25) is 0 Å². The molecule has 2 heterocycles. The zero-order valence-electron chi connectivity index (χ0n) is 14.7. The lowest BCUT2D eigenvalue weighted by Crippen LogP contribution is -2.29. The molecule has 0 radical (unpaired) electrons. The fourth-order valence-corrected chi connectivity index (χ4v) is 3.35. The highest BCUT2D eigenvalue weighted by atomic mass is 16.3. The van der Waals surface area contributed by atoms with E-state index in [2.05, 4.69) is 39.2 Å². The lowest BCUT2D eigenvalue weighted by atomic mass is 10.2. The summed E-state index contributed by atoms with van der Waals surface area (Å²) in [5.41, 5.74) is 1.09. The van der Waals surface area contributed by atoms with Gasteiger partial charge in [0.2, 0.25) is 0 Å². The van der Waals surface area contributed by atoms with Gasteiger partial charge >= 0.3 is 0 Å². The summed E-state index contributed by atoms with van der Waals surface area (Å²) in [6.07, 6.45) is 1.25. The van der Waals surface area contributed by atoms with Crippen LogP contribution in [0.25, 0.3) is 21.8 Å². The number of nitrogens with zero attached hydrogens (tertiary/aromatic N) is 3. The lowest BCUT2D eigenvalue weighted by molar-refractivity contribution is 0.0953. The van der Waals surface area contributed by atoms with Crippen LogP contribution in [-0.2, 0) is 13.1 Å². The monoisotopic (exact) mass is 362 g/mol. The van der Waals surface area contributed by atoms with Crippen molar-refractivity contribution < 1.29 is 9.90 Å². The average Bonchev–Trinajstić information content (AvgIpc) is 3.02. The van der Waals surface area contributed by atoms with Crippen molar-refractivity contribution in [1.82, 2.24) is 19.7 Å². The van der Waals surface area contributed by atoms with Crippen molar-refractivity contribution >= 4 is 27.7 Å². The maximum absolute atomic E-state index is 11.9. The van der Waals surface area contributed by atoms with E-state index in [9.17, 15) is 14.7 Å². The van der Waals surface area contributed by atoms with Gasteiger partial charge in [-0.1, -0.05) is 36.4 Å². The van der Waals surface area contributed by atoms with Crippen molar-refractivity contribution in [2.24, 2.45) is 0 Å². The fraction of sp³-hybridized carbons (Fsp3) is 0.150. The van der Waals surface area contributed by atoms with Gasteiger partial charge in [-0.05, 0) is 12.1 Å². The van der Waals surface area contributed by atoms with E-state index in [1.54, 1.807) is 0 Å². The second-order valence-electron chi connectivity index (χ2n) is 6.22. The Kier molecular flexibility index (Phi) is 4.12. The molecule has 4 aromatic rings. The molecule has 4 rings (SSSR count). The van der Waals surface area contributed by atoms with Gasteiger partial charge in [0.15, 0.2) is 11.4 Å². The minimum atomic E-state index is -0.775. The van der Waals surface area contributed by atoms with Gasteiger partial charge in [0.1, 0.15) is 0 Å². The summed E-state index contributed by atoms with van der Waals surface area (Å²) in [4.78, 5) is 23.7. The number of rotatable bonds is 4. The predicted octanol–water partition coefficient (Wildman–Crippen LogP) is 2.12. The number of amides is 1. The largest absolute Gasteiger partial charge is 0.503 e. The van der Waals surface area contributed by atoms with Crippen LogP contribution in [-0.4, -0.2) is 32.4 Å². The highest BCUT2D eigenvalue weighted by molar-refractivity contribution is 6.07. The molecule has 0 unspecified atom stereocenters. The van der Waals surface area contributed by atoms with E-state index >= 15 is 0 Å². The molecule has 0 saturated carbocycles. The second kappa shape index (κ2) is 6.60. The highest BCUT2D eigenvalue weighted by Gasteiger charge is 2.16. The molecule has 7 heteroatoms. The minimum Gasteiger partial charge on any atom is -0.503 e. The van der Waals surface area contributed by atoms with Crippen LogP contribution in [0.5, 0.6) is 5.75 Å². The molecular weight excluding hydrogens is 344 g/mol. The number of fused-ring (bicyclic) bond motifs is 3. The maximum atomic E-state index is 11.9. The Balaban J connectivity index is 1.75. The van der Waals surface area contributed by atoms with Gasteiger partial charge in [-0.15, -0.1) is 0 Å². The number of para-hydroxylation sites is 2. The second-order valence-corrected chi connectivity index (χ2v) is 6.22. The first-order chi connectivity index (χ1) is 13.1. The Labute approximate surface area is 154 Å². The molecule has 0 aliphatic heterocycles. The number of hydrogen-bond acceptors (Lipinski definition) is 4. The molecule has 2 aromatic carbocycles. The first-order valence-corrected chi connectivity index (χ1v) is 8.59. The van der Waals surface area contributed by atoms with Gasteiger partial charge in [-0.2, -0.15) is 5.10 Å². The van der Waals surface area contributed by atoms with Crippen LogP contribution in [0.3, 0.4) is 0 Å². The molecule has 0 saturated heterocycles. The summed E-state index contributed by atoms with van der Waals surface area (Å²) in [6.45, 7) is 0.955.